The number of benzene rings is 1. The first-order chi connectivity index (χ1) is 13.0. The highest BCUT2D eigenvalue weighted by atomic mass is 16.5. The zero-order valence-corrected chi connectivity index (χ0v) is 14.4. The van der Waals surface area contributed by atoms with Crippen molar-refractivity contribution in [3.05, 3.63) is 53.9 Å². The maximum atomic E-state index is 11.8. The Hall–Kier alpha value is -3.20. The fraction of sp³-hybridized carbons (Fsp3) is 0.333. The summed E-state index contributed by atoms with van der Waals surface area (Å²) in [5.74, 6) is -0.225. The molecule has 9 nitrogen and oxygen atoms in total. The van der Waals surface area contributed by atoms with Crippen LogP contribution in [0.1, 0.15) is 22.3 Å². The monoisotopic (exact) mass is 369 g/mol. The van der Waals surface area contributed by atoms with Crippen molar-refractivity contribution in [3.63, 3.8) is 0 Å². The highest BCUT2D eigenvalue weighted by molar-refractivity contribution is 5.92. The third kappa shape index (κ3) is 2.95. The summed E-state index contributed by atoms with van der Waals surface area (Å²) in [6.07, 6.45) is 3.11. The Balaban J connectivity index is 1.60. The Morgan fingerprint density at radius 2 is 1.93 bits per heavy atom. The van der Waals surface area contributed by atoms with Gasteiger partial charge in [-0.15, -0.1) is 0 Å². The second-order valence-corrected chi connectivity index (χ2v) is 6.98. The smallest absolute Gasteiger partial charge is 0.407 e. The van der Waals surface area contributed by atoms with Gasteiger partial charge in [0.25, 0.3) is 5.91 Å². The molecule has 3 heterocycles. The molecule has 27 heavy (non-hydrogen) atoms. The minimum absolute atomic E-state index is 0.0117. The molecule has 2 atom stereocenters. The molecular formula is C18H19N5O4. The number of fused-ring (bicyclic) bond motifs is 2. The molecule has 0 spiro atoms. The number of anilines is 1. The first-order valence-electron chi connectivity index (χ1n) is 8.60. The number of likely N-dealkylation sites (tertiary alicyclic amines) is 1. The molecule has 2 aliphatic rings. The van der Waals surface area contributed by atoms with Crippen molar-refractivity contribution in [3.8, 4) is 0 Å². The normalized spacial score (nSPS) is 23.5. The van der Waals surface area contributed by atoms with Gasteiger partial charge in [0, 0.05) is 25.5 Å². The SMILES string of the molecule is O=C(NO)c1cnc(N2C[C@]3(Cc4ccccc4)C[C@H]2CN3C(=O)O)nc1. The number of nitrogens with one attached hydrogen (secondary N) is 1. The minimum Gasteiger partial charge on any atom is -0.465 e. The third-order valence-corrected chi connectivity index (χ3v) is 5.35. The van der Waals surface area contributed by atoms with Gasteiger partial charge < -0.3 is 10.0 Å². The van der Waals surface area contributed by atoms with Crippen LogP contribution in [0.25, 0.3) is 0 Å². The summed E-state index contributed by atoms with van der Waals surface area (Å²) in [7, 11) is 0. The second kappa shape index (κ2) is 6.51. The van der Waals surface area contributed by atoms with Gasteiger partial charge in [-0.25, -0.2) is 20.2 Å². The van der Waals surface area contributed by atoms with Crippen LogP contribution in [-0.2, 0) is 6.42 Å². The molecular weight excluding hydrogens is 350 g/mol. The molecule has 1 aromatic carbocycles. The van der Waals surface area contributed by atoms with Crippen LogP contribution >= 0.6 is 0 Å². The molecule has 4 rings (SSSR count). The number of hydrogen-bond donors (Lipinski definition) is 3. The minimum atomic E-state index is -0.913. The summed E-state index contributed by atoms with van der Waals surface area (Å²) in [6.45, 7) is 0.884. The molecule has 2 saturated heterocycles. The molecule has 9 heteroatoms. The van der Waals surface area contributed by atoms with E-state index in [2.05, 4.69) is 9.97 Å². The quantitative estimate of drug-likeness (QED) is 0.546. The van der Waals surface area contributed by atoms with Gasteiger partial charge in [-0.05, 0) is 18.4 Å². The lowest BCUT2D eigenvalue weighted by Crippen LogP contribution is -2.57. The van der Waals surface area contributed by atoms with E-state index in [0.29, 0.717) is 31.9 Å². The van der Waals surface area contributed by atoms with Crippen LogP contribution in [0.4, 0.5) is 10.7 Å². The topological polar surface area (TPSA) is 119 Å². The largest absolute Gasteiger partial charge is 0.465 e. The molecule has 0 saturated carbocycles. The molecule has 0 aliphatic carbocycles. The van der Waals surface area contributed by atoms with E-state index in [1.165, 1.54) is 17.3 Å². The molecule has 2 aromatic rings. The maximum absolute atomic E-state index is 11.8. The van der Waals surface area contributed by atoms with E-state index < -0.39 is 17.5 Å². The highest BCUT2D eigenvalue weighted by Crippen LogP contribution is 2.43. The summed E-state index contributed by atoms with van der Waals surface area (Å²) in [5, 5.41) is 18.4. The number of rotatable bonds is 4. The van der Waals surface area contributed by atoms with Crippen molar-refractivity contribution >= 4 is 17.9 Å². The van der Waals surface area contributed by atoms with E-state index in [1.807, 2.05) is 35.2 Å². The molecule has 2 fully saturated rings. The highest BCUT2D eigenvalue weighted by Gasteiger charge is 2.57. The van der Waals surface area contributed by atoms with Crippen molar-refractivity contribution in [1.29, 1.82) is 0 Å². The summed E-state index contributed by atoms with van der Waals surface area (Å²) in [5.41, 5.74) is 2.25. The number of piperazine rings is 1. The van der Waals surface area contributed by atoms with E-state index in [1.54, 1.807) is 5.48 Å². The van der Waals surface area contributed by atoms with E-state index in [0.717, 1.165) is 5.56 Å². The van der Waals surface area contributed by atoms with Gasteiger partial charge in [0.2, 0.25) is 5.95 Å². The van der Waals surface area contributed by atoms with Crippen LogP contribution < -0.4 is 10.4 Å². The Kier molecular flexibility index (Phi) is 4.15. The zero-order valence-electron chi connectivity index (χ0n) is 14.4. The summed E-state index contributed by atoms with van der Waals surface area (Å²) in [6, 6.07) is 9.83. The Morgan fingerprint density at radius 3 is 2.56 bits per heavy atom. The zero-order chi connectivity index (χ0) is 19.0. The molecule has 2 bridgehead atoms. The number of carbonyl (C=O) groups excluding carboxylic acids is 1. The molecule has 0 radical (unpaired) electrons. The number of carbonyl (C=O) groups is 2. The van der Waals surface area contributed by atoms with Crippen LogP contribution in [0, 0.1) is 0 Å². The molecule has 140 valence electrons. The van der Waals surface area contributed by atoms with Crippen LogP contribution in [0.3, 0.4) is 0 Å². The van der Waals surface area contributed by atoms with Crippen molar-refractivity contribution < 1.29 is 19.9 Å². The molecule has 2 amide bonds. The van der Waals surface area contributed by atoms with Crippen molar-refractivity contribution in [2.24, 2.45) is 0 Å². The van der Waals surface area contributed by atoms with Crippen molar-refractivity contribution in [1.82, 2.24) is 20.3 Å². The first kappa shape index (κ1) is 17.2. The van der Waals surface area contributed by atoms with Crippen LogP contribution in [0.2, 0.25) is 0 Å². The standard InChI is InChI=1S/C18H19N5O4/c24-15(21-27)13-8-19-16(20-9-13)22-11-18(6-12-4-2-1-3-5-12)7-14(22)10-23(18)17(25)26/h1-5,8-9,14,27H,6-7,10-11H2,(H,21,24)(H,25,26)/t14-,18-/m0/s1. The second-order valence-electron chi connectivity index (χ2n) is 6.98. The molecule has 3 N–H and O–H groups in total. The average molecular weight is 369 g/mol. The van der Waals surface area contributed by atoms with E-state index in [-0.39, 0.29) is 11.6 Å². The molecule has 2 aliphatic heterocycles. The lowest BCUT2D eigenvalue weighted by molar-refractivity contribution is 0.0705. The lowest BCUT2D eigenvalue weighted by atomic mass is 9.90. The Bertz CT molecular complexity index is 860. The van der Waals surface area contributed by atoms with Gasteiger partial charge in [-0.2, -0.15) is 0 Å². The van der Waals surface area contributed by atoms with Crippen LogP contribution in [0.15, 0.2) is 42.7 Å². The number of carboxylic acid groups (broad SMARTS) is 1. The Labute approximate surface area is 155 Å². The average Bonchev–Trinajstić information content (AvgIpc) is 3.23. The van der Waals surface area contributed by atoms with Gasteiger partial charge in [0.05, 0.1) is 17.1 Å². The molecule has 0 unspecified atom stereocenters. The maximum Gasteiger partial charge on any atom is 0.407 e. The number of amides is 2. The van der Waals surface area contributed by atoms with Gasteiger partial charge in [0.15, 0.2) is 0 Å². The number of hydroxylamine groups is 1. The van der Waals surface area contributed by atoms with Crippen LogP contribution in [-0.4, -0.2) is 61.9 Å². The van der Waals surface area contributed by atoms with Gasteiger partial charge in [-0.3, -0.25) is 14.9 Å². The molecule has 1 aromatic heterocycles. The van der Waals surface area contributed by atoms with Gasteiger partial charge in [0.1, 0.15) is 0 Å². The third-order valence-electron chi connectivity index (χ3n) is 5.35. The van der Waals surface area contributed by atoms with Crippen LogP contribution in [0.5, 0.6) is 0 Å². The van der Waals surface area contributed by atoms with Gasteiger partial charge >= 0.3 is 6.09 Å². The summed E-state index contributed by atoms with van der Waals surface area (Å²) < 4.78 is 0. The summed E-state index contributed by atoms with van der Waals surface area (Å²) in [4.78, 5) is 35.2. The summed E-state index contributed by atoms with van der Waals surface area (Å²) >= 11 is 0. The van der Waals surface area contributed by atoms with E-state index >= 15 is 0 Å². The van der Waals surface area contributed by atoms with E-state index in [9.17, 15) is 14.7 Å². The fourth-order valence-electron chi connectivity index (χ4n) is 4.19. The number of hydrogen-bond acceptors (Lipinski definition) is 6. The Morgan fingerprint density at radius 1 is 1.22 bits per heavy atom. The van der Waals surface area contributed by atoms with Gasteiger partial charge in [-0.1, -0.05) is 30.3 Å². The predicted octanol–water partition coefficient (Wildman–Crippen LogP) is 1.15. The van der Waals surface area contributed by atoms with Crippen molar-refractivity contribution in [2.75, 3.05) is 18.0 Å². The number of aromatic nitrogens is 2. The lowest BCUT2D eigenvalue weighted by Gasteiger charge is -2.40. The first-order valence-corrected chi connectivity index (χ1v) is 8.60. The predicted molar refractivity (Wildman–Crippen MR) is 94.6 cm³/mol. The van der Waals surface area contributed by atoms with E-state index in [4.69, 9.17) is 5.21 Å². The fourth-order valence-corrected chi connectivity index (χ4v) is 4.19. The number of nitrogens with zero attached hydrogens (tertiary/aromatic N) is 4. The van der Waals surface area contributed by atoms with Crippen molar-refractivity contribution in [2.45, 2.75) is 24.4 Å².